The summed E-state index contributed by atoms with van der Waals surface area (Å²) in [6, 6.07) is 9.07. The van der Waals surface area contributed by atoms with Crippen molar-refractivity contribution in [1.29, 1.82) is 0 Å². The van der Waals surface area contributed by atoms with Crippen molar-refractivity contribution in [2.24, 2.45) is 0 Å². The standard InChI is InChI=1S/C21H26ClNO3/c1-5-14-9-11-17(22)16(6-2)20(14)23-21(24)15-10-12-18(25-7-3)19(13-15)26-8-4/h9-13H,5-8H2,1-4H3,(H,23,24). The van der Waals surface area contributed by atoms with E-state index < -0.39 is 0 Å². The molecule has 0 fully saturated rings. The van der Waals surface area contributed by atoms with Crippen LogP contribution in [0.2, 0.25) is 5.02 Å². The average Bonchev–Trinajstić information content (AvgIpc) is 2.64. The summed E-state index contributed by atoms with van der Waals surface area (Å²) in [7, 11) is 0. The summed E-state index contributed by atoms with van der Waals surface area (Å²) >= 11 is 6.32. The normalized spacial score (nSPS) is 10.5. The number of anilines is 1. The molecule has 0 aromatic heterocycles. The van der Waals surface area contributed by atoms with Gasteiger partial charge in [-0.25, -0.2) is 0 Å². The van der Waals surface area contributed by atoms with E-state index in [0.717, 1.165) is 29.7 Å². The highest BCUT2D eigenvalue weighted by molar-refractivity contribution is 6.32. The van der Waals surface area contributed by atoms with Crippen LogP contribution in [0, 0.1) is 0 Å². The Morgan fingerprint density at radius 3 is 2.27 bits per heavy atom. The molecule has 2 aromatic rings. The van der Waals surface area contributed by atoms with E-state index in [-0.39, 0.29) is 5.91 Å². The van der Waals surface area contributed by atoms with Crippen LogP contribution in [0.5, 0.6) is 11.5 Å². The van der Waals surface area contributed by atoms with Gasteiger partial charge < -0.3 is 14.8 Å². The maximum atomic E-state index is 12.8. The summed E-state index contributed by atoms with van der Waals surface area (Å²) in [6.07, 6.45) is 1.56. The van der Waals surface area contributed by atoms with Gasteiger partial charge in [-0.2, -0.15) is 0 Å². The third kappa shape index (κ3) is 4.50. The molecule has 0 spiro atoms. The van der Waals surface area contributed by atoms with Crippen molar-refractivity contribution in [2.45, 2.75) is 40.5 Å². The first kappa shape index (κ1) is 20.1. The second kappa shape index (κ2) is 9.48. The lowest BCUT2D eigenvalue weighted by atomic mass is 10.0. The number of aryl methyl sites for hydroxylation is 1. The number of rotatable bonds is 8. The molecule has 0 saturated carbocycles. The van der Waals surface area contributed by atoms with E-state index in [0.29, 0.717) is 35.3 Å². The maximum absolute atomic E-state index is 12.8. The number of ether oxygens (including phenoxy) is 2. The molecule has 140 valence electrons. The van der Waals surface area contributed by atoms with Crippen molar-refractivity contribution in [3.8, 4) is 11.5 Å². The third-order valence-corrected chi connectivity index (χ3v) is 4.47. The molecule has 0 aliphatic heterocycles. The highest BCUT2D eigenvalue weighted by Gasteiger charge is 2.16. The number of benzene rings is 2. The van der Waals surface area contributed by atoms with Crippen molar-refractivity contribution in [3.05, 3.63) is 52.0 Å². The fourth-order valence-electron chi connectivity index (χ4n) is 2.84. The Bertz CT molecular complexity index is 774. The van der Waals surface area contributed by atoms with Crippen LogP contribution in [0.15, 0.2) is 30.3 Å². The monoisotopic (exact) mass is 375 g/mol. The summed E-state index contributed by atoms with van der Waals surface area (Å²) in [5.74, 6) is 1.01. The molecule has 0 heterocycles. The molecule has 4 nitrogen and oxygen atoms in total. The van der Waals surface area contributed by atoms with Crippen molar-refractivity contribution >= 4 is 23.2 Å². The second-order valence-electron chi connectivity index (χ2n) is 5.75. The molecule has 0 radical (unpaired) electrons. The highest BCUT2D eigenvalue weighted by atomic mass is 35.5. The summed E-state index contributed by atoms with van der Waals surface area (Å²) in [6.45, 7) is 8.93. The molecule has 1 amide bonds. The summed E-state index contributed by atoms with van der Waals surface area (Å²) in [5.41, 5.74) is 3.34. The zero-order chi connectivity index (χ0) is 19.1. The van der Waals surface area contributed by atoms with Gasteiger partial charge in [0.2, 0.25) is 0 Å². The Hall–Kier alpha value is -2.20. The first-order chi connectivity index (χ1) is 12.5. The Kier molecular flexibility index (Phi) is 7.34. The predicted molar refractivity (Wildman–Crippen MR) is 107 cm³/mol. The molecule has 0 atom stereocenters. The van der Waals surface area contributed by atoms with E-state index in [1.165, 1.54) is 0 Å². The van der Waals surface area contributed by atoms with Crippen molar-refractivity contribution < 1.29 is 14.3 Å². The minimum atomic E-state index is -0.194. The van der Waals surface area contributed by atoms with Crippen molar-refractivity contribution in [1.82, 2.24) is 0 Å². The molecule has 0 unspecified atom stereocenters. The molecule has 2 rings (SSSR count). The van der Waals surface area contributed by atoms with Crippen LogP contribution in [-0.2, 0) is 12.8 Å². The fraction of sp³-hybridized carbons (Fsp3) is 0.381. The van der Waals surface area contributed by atoms with Crippen LogP contribution >= 0.6 is 11.6 Å². The zero-order valence-electron chi connectivity index (χ0n) is 15.8. The molecule has 5 heteroatoms. The fourth-order valence-corrected chi connectivity index (χ4v) is 3.14. The van der Waals surface area contributed by atoms with E-state index in [4.69, 9.17) is 21.1 Å². The van der Waals surface area contributed by atoms with Gasteiger partial charge >= 0.3 is 0 Å². The van der Waals surface area contributed by atoms with E-state index in [1.54, 1.807) is 18.2 Å². The van der Waals surface area contributed by atoms with Crippen molar-refractivity contribution in [2.75, 3.05) is 18.5 Å². The summed E-state index contributed by atoms with van der Waals surface area (Å²) in [4.78, 5) is 12.8. The quantitative estimate of drug-likeness (QED) is 0.661. The van der Waals surface area contributed by atoms with Gasteiger partial charge in [0, 0.05) is 16.3 Å². The SMILES string of the molecule is CCOc1ccc(C(=O)Nc2c(CC)ccc(Cl)c2CC)cc1OCC. The summed E-state index contributed by atoms with van der Waals surface area (Å²) < 4.78 is 11.2. The number of halogens is 1. The molecular weight excluding hydrogens is 350 g/mol. The highest BCUT2D eigenvalue weighted by Crippen LogP contribution is 2.32. The Morgan fingerprint density at radius 2 is 1.65 bits per heavy atom. The number of hydrogen-bond donors (Lipinski definition) is 1. The first-order valence-electron chi connectivity index (χ1n) is 9.06. The minimum Gasteiger partial charge on any atom is -0.490 e. The molecular formula is C21H26ClNO3. The Morgan fingerprint density at radius 1 is 0.962 bits per heavy atom. The van der Waals surface area contributed by atoms with E-state index in [1.807, 2.05) is 32.9 Å². The lowest BCUT2D eigenvalue weighted by Gasteiger charge is -2.17. The van der Waals surface area contributed by atoms with Gasteiger partial charge in [-0.05, 0) is 62.1 Å². The van der Waals surface area contributed by atoms with Crippen LogP contribution in [0.4, 0.5) is 5.69 Å². The number of hydrogen-bond acceptors (Lipinski definition) is 3. The summed E-state index contributed by atoms with van der Waals surface area (Å²) in [5, 5.41) is 3.71. The predicted octanol–water partition coefficient (Wildman–Crippen LogP) is 5.51. The van der Waals surface area contributed by atoms with E-state index in [9.17, 15) is 4.79 Å². The zero-order valence-corrected chi connectivity index (χ0v) is 16.6. The lowest BCUT2D eigenvalue weighted by molar-refractivity contribution is 0.102. The van der Waals surface area contributed by atoms with Crippen LogP contribution in [0.3, 0.4) is 0 Å². The molecule has 2 aromatic carbocycles. The van der Waals surface area contributed by atoms with Gasteiger partial charge in [-0.1, -0.05) is 31.5 Å². The largest absolute Gasteiger partial charge is 0.490 e. The van der Waals surface area contributed by atoms with Crippen LogP contribution in [0.25, 0.3) is 0 Å². The van der Waals surface area contributed by atoms with Gasteiger partial charge in [-0.15, -0.1) is 0 Å². The molecule has 0 aliphatic rings. The van der Waals surface area contributed by atoms with Crippen molar-refractivity contribution in [3.63, 3.8) is 0 Å². The molecule has 0 aliphatic carbocycles. The first-order valence-corrected chi connectivity index (χ1v) is 9.44. The number of carbonyl (C=O) groups is 1. The van der Waals surface area contributed by atoms with E-state index >= 15 is 0 Å². The number of amides is 1. The second-order valence-corrected chi connectivity index (χ2v) is 6.16. The smallest absolute Gasteiger partial charge is 0.255 e. The van der Waals surface area contributed by atoms with Gasteiger partial charge in [0.1, 0.15) is 0 Å². The van der Waals surface area contributed by atoms with Gasteiger partial charge in [0.25, 0.3) is 5.91 Å². The lowest BCUT2D eigenvalue weighted by Crippen LogP contribution is -2.15. The molecule has 0 bridgehead atoms. The molecule has 1 N–H and O–H groups in total. The number of nitrogens with one attached hydrogen (secondary N) is 1. The van der Waals surface area contributed by atoms with Crippen LogP contribution in [-0.4, -0.2) is 19.1 Å². The molecule has 0 saturated heterocycles. The van der Waals surface area contributed by atoms with Crippen LogP contribution < -0.4 is 14.8 Å². The van der Waals surface area contributed by atoms with Gasteiger partial charge in [-0.3, -0.25) is 4.79 Å². The maximum Gasteiger partial charge on any atom is 0.255 e. The van der Waals surface area contributed by atoms with Crippen LogP contribution in [0.1, 0.15) is 49.2 Å². The number of carbonyl (C=O) groups excluding carboxylic acids is 1. The van der Waals surface area contributed by atoms with Gasteiger partial charge in [0.05, 0.1) is 13.2 Å². The molecule has 26 heavy (non-hydrogen) atoms. The topological polar surface area (TPSA) is 47.6 Å². The third-order valence-electron chi connectivity index (χ3n) is 4.12. The minimum absolute atomic E-state index is 0.194. The van der Waals surface area contributed by atoms with Gasteiger partial charge in [0.15, 0.2) is 11.5 Å². The van der Waals surface area contributed by atoms with E-state index in [2.05, 4.69) is 12.2 Å². The Labute approximate surface area is 160 Å². The Balaban J connectivity index is 2.36. The average molecular weight is 376 g/mol.